The Morgan fingerprint density at radius 1 is 1.24 bits per heavy atom. The molecule has 7 heteroatoms. The van der Waals surface area contributed by atoms with Crippen LogP contribution in [0.2, 0.25) is 0 Å². The normalized spacial score (nSPS) is 19.9. The third-order valence-electron chi connectivity index (χ3n) is 5.85. The molecule has 29 heavy (non-hydrogen) atoms. The number of ether oxygens (including phenoxy) is 2. The predicted octanol–water partition coefficient (Wildman–Crippen LogP) is 2.42. The number of nitrogens with zero attached hydrogens (tertiary/aromatic N) is 3. The highest BCUT2D eigenvalue weighted by atomic mass is 16.5. The molecule has 2 heterocycles. The van der Waals surface area contributed by atoms with Crippen LogP contribution in [0.5, 0.6) is 5.75 Å². The van der Waals surface area contributed by atoms with Gasteiger partial charge in [-0.25, -0.2) is 4.79 Å². The lowest BCUT2D eigenvalue weighted by molar-refractivity contribution is 0.0826. The second-order valence-electron chi connectivity index (χ2n) is 7.79. The van der Waals surface area contributed by atoms with Crippen molar-refractivity contribution >= 4 is 11.7 Å². The Kier molecular flexibility index (Phi) is 8.43. The van der Waals surface area contributed by atoms with Crippen LogP contribution in [-0.2, 0) is 4.74 Å². The number of likely N-dealkylation sites (N-methyl/N-ethyl adjacent to an activating group) is 1. The van der Waals surface area contributed by atoms with Gasteiger partial charge < -0.3 is 24.6 Å². The molecule has 0 spiro atoms. The average molecular weight is 405 g/mol. The minimum Gasteiger partial charge on any atom is -0.497 e. The molecule has 1 atom stereocenters. The van der Waals surface area contributed by atoms with E-state index in [-0.39, 0.29) is 12.1 Å². The molecule has 1 aromatic carbocycles. The molecule has 0 bridgehead atoms. The van der Waals surface area contributed by atoms with E-state index in [9.17, 15) is 4.79 Å². The van der Waals surface area contributed by atoms with Gasteiger partial charge in [-0.3, -0.25) is 4.90 Å². The maximum absolute atomic E-state index is 12.4. The molecule has 3 rings (SSSR count). The summed E-state index contributed by atoms with van der Waals surface area (Å²) in [4.78, 5) is 19.2. The van der Waals surface area contributed by atoms with Crippen molar-refractivity contribution < 1.29 is 14.3 Å². The van der Waals surface area contributed by atoms with E-state index in [1.54, 1.807) is 7.11 Å². The van der Waals surface area contributed by atoms with E-state index in [0.29, 0.717) is 6.54 Å². The van der Waals surface area contributed by atoms with E-state index < -0.39 is 0 Å². The smallest absolute Gasteiger partial charge is 0.317 e. The standard InChI is InChI=1S/C22H36N4O3/c1-3-25(18-21-6-4-17-29-21)22(27)23-11-5-12-24-13-15-26(16-14-24)19-7-9-20(28-2)10-8-19/h7-10,21H,3-6,11-18H2,1-2H3,(H,23,27). The summed E-state index contributed by atoms with van der Waals surface area (Å²) in [5.41, 5.74) is 1.25. The van der Waals surface area contributed by atoms with Gasteiger partial charge in [-0.15, -0.1) is 0 Å². The van der Waals surface area contributed by atoms with Crippen LogP contribution in [0.15, 0.2) is 24.3 Å². The van der Waals surface area contributed by atoms with Gasteiger partial charge >= 0.3 is 6.03 Å². The molecule has 0 saturated carbocycles. The highest BCUT2D eigenvalue weighted by Gasteiger charge is 2.21. The van der Waals surface area contributed by atoms with Gasteiger partial charge in [-0.05, 0) is 57.0 Å². The molecule has 1 unspecified atom stereocenters. The van der Waals surface area contributed by atoms with E-state index in [1.165, 1.54) is 5.69 Å². The number of hydrogen-bond donors (Lipinski definition) is 1. The number of carbonyl (C=O) groups is 1. The maximum Gasteiger partial charge on any atom is 0.317 e. The first kappa shape index (κ1) is 21.7. The van der Waals surface area contributed by atoms with Crippen molar-refractivity contribution in [1.82, 2.24) is 15.1 Å². The average Bonchev–Trinajstić information content (AvgIpc) is 3.28. The number of nitrogens with one attached hydrogen (secondary N) is 1. The molecule has 2 aliphatic heterocycles. The Hall–Kier alpha value is -1.99. The maximum atomic E-state index is 12.4. The second kappa shape index (κ2) is 11.3. The molecular weight excluding hydrogens is 368 g/mol. The summed E-state index contributed by atoms with van der Waals surface area (Å²) in [6.07, 6.45) is 3.36. The van der Waals surface area contributed by atoms with Crippen LogP contribution in [0, 0.1) is 0 Å². The molecule has 2 aliphatic rings. The zero-order valence-electron chi connectivity index (χ0n) is 17.9. The highest BCUT2D eigenvalue weighted by molar-refractivity contribution is 5.74. The van der Waals surface area contributed by atoms with Crippen LogP contribution in [0.1, 0.15) is 26.2 Å². The van der Waals surface area contributed by atoms with Crippen molar-refractivity contribution in [3.8, 4) is 5.75 Å². The molecule has 7 nitrogen and oxygen atoms in total. The minimum atomic E-state index is 0.0346. The molecule has 162 valence electrons. The van der Waals surface area contributed by atoms with Crippen molar-refractivity contribution in [2.75, 3.05) is 71.0 Å². The summed E-state index contributed by atoms with van der Waals surface area (Å²) in [7, 11) is 1.69. The minimum absolute atomic E-state index is 0.0346. The van der Waals surface area contributed by atoms with E-state index >= 15 is 0 Å². The number of benzene rings is 1. The van der Waals surface area contributed by atoms with E-state index in [1.807, 2.05) is 24.0 Å². The number of amides is 2. The van der Waals surface area contributed by atoms with Gasteiger partial charge in [0, 0.05) is 58.1 Å². The first-order chi connectivity index (χ1) is 14.2. The van der Waals surface area contributed by atoms with Crippen molar-refractivity contribution in [3.05, 3.63) is 24.3 Å². The molecule has 0 aromatic heterocycles. The highest BCUT2D eigenvalue weighted by Crippen LogP contribution is 2.20. The Morgan fingerprint density at radius 3 is 2.62 bits per heavy atom. The number of carbonyl (C=O) groups excluding carboxylic acids is 1. The topological polar surface area (TPSA) is 57.3 Å². The number of methoxy groups -OCH3 is 1. The first-order valence-electron chi connectivity index (χ1n) is 11.0. The largest absolute Gasteiger partial charge is 0.497 e. The number of hydrogen-bond acceptors (Lipinski definition) is 5. The summed E-state index contributed by atoms with van der Waals surface area (Å²) in [5, 5.41) is 3.08. The number of anilines is 1. The predicted molar refractivity (Wildman–Crippen MR) is 116 cm³/mol. The van der Waals surface area contributed by atoms with Gasteiger partial charge in [0.1, 0.15) is 5.75 Å². The SMILES string of the molecule is CCN(CC1CCCO1)C(=O)NCCCN1CCN(c2ccc(OC)cc2)CC1. The van der Waals surface area contributed by atoms with E-state index in [4.69, 9.17) is 9.47 Å². The first-order valence-corrected chi connectivity index (χ1v) is 11.0. The Bertz CT molecular complexity index is 611. The number of rotatable bonds is 9. The van der Waals surface area contributed by atoms with E-state index in [2.05, 4.69) is 27.2 Å². The van der Waals surface area contributed by atoms with Gasteiger partial charge in [-0.2, -0.15) is 0 Å². The Morgan fingerprint density at radius 2 is 2.00 bits per heavy atom. The molecule has 0 radical (unpaired) electrons. The van der Waals surface area contributed by atoms with Gasteiger partial charge in [0.15, 0.2) is 0 Å². The van der Waals surface area contributed by atoms with Crippen molar-refractivity contribution in [2.24, 2.45) is 0 Å². The molecule has 1 N–H and O–H groups in total. The second-order valence-corrected chi connectivity index (χ2v) is 7.79. The summed E-state index contributed by atoms with van der Waals surface area (Å²) < 4.78 is 10.9. The van der Waals surface area contributed by atoms with Crippen LogP contribution in [-0.4, -0.2) is 88.0 Å². The summed E-state index contributed by atoms with van der Waals surface area (Å²) in [6.45, 7) is 10.2. The third-order valence-corrected chi connectivity index (χ3v) is 5.85. The Labute approximate surface area is 174 Å². The van der Waals surface area contributed by atoms with Crippen LogP contribution < -0.4 is 15.0 Å². The zero-order valence-corrected chi connectivity index (χ0v) is 17.9. The quantitative estimate of drug-likeness (QED) is 0.641. The fourth-order valence-electron chi connectivity index (χ4n) is 4.02. The molecule has 2 saturated heterocycles. The van der Waals surface area contributed by atoms with Crippen molar-refractivity contribution in [1.29, 1.82) is 0 Å². The lowest BCUT2D eigenvalue weighted by atomic mass is 10.2. The van der Waals surface area contributed by atoms with Gasteiger partial charge in [0.25, 0.3) is 0 Å². The zero-order chi connectivity index (χ0) is 20.5. The lowest BCUT2D eigenvalue weighted by Gasteiger charge is -2.36. The van der Waals surface area contributed by atoms with Gasteiger partial charge in [0.2, 0.25) is 0 Å². The number of piperazine rings is 1. The van der Waals surface area contributed by atoms with Crippen LogP contribution in [0.25, 0.3) is 0 Å². The number of urea groups is 1. The van der Waals surface area contributed by atoms with Crippen LogP contribution in [0.3, 0.4) is 0 Å². The summed E-state index contributed by atoms with van der Waals surface area (Å²) in [6, 6.07) is 8.32. The van der Waals surface area contributed by atoms with Crippen molar-refractivity contribution in [3.63, 3.8) is 0 Å². The molecule has 0 aliphatic carbocycles. The molecular formula is C22H36N4O3. The van der Waals surface area contributed by atoms with Crippen molar-refractivity contribution in [2.45, 2.75) is 32.3 Å². The molecule has 2 amide bonds. The fourth-order valence-corrected chi connectivity index (χ4v) is 4.02. The molecule has 2 fully saturated rings. The third kappa shape index (κ3) is 6.51. The monoisotopic (exact) mass is 404 g/mol. The lowest BCUT2D eigenvalue weighted by Crippen LogP contribution is -2.47. The Balaban J connectivity index is 1.30. The summed E-state index contributed by atoms with van der Waals surface area (Å²) >= 11 is 0. The molecule has 1 aromatic rings. The van der Waals surface area contributed by atoms with Crippen LogP contribution in [0.4, 0.5) is 10.5 Å². The van der Waals surface area contributed by atoms with Gasteiger partial charge in [-0.1, -0.05) is 0 Å². The summed E-state index contributed by atoms with van der Waals surface area (Å²) in [5.74, 6) is 0.895. The van der Waals surface area contributed by atoms with Crippen LogP contribution >= 0.6 is 0 Å². The van der Waals surface area contributed by atoms with E-state index in [0.717, 1.165) is 77.4 Å². The fraction of sp³-hybridized carbons (Fsp3) is 0.682. The van der Waals surface area contributed by atoms with Gasteiger partial charge in [0.05, 0.1) is 13.2 Å².